The number of aromatic nitrogens is 2. The van der Waals surface area contributed by atoms with Crippen molar-refractivity contribution in [2.45, 2.75) is 25.8 Å². The molecule has 0 atom stereocenters. The summed E-state index contributed by atoms with van der Waals surface area (Å²) in [7, 11) is 0. The lowest BCUT2D eigenvalue weighted by Crippen LogP contribution is -2.35. The highest BCUT2D eigenvalue weighted by atomic mass is 35.5. The molecule has 2 N–H and O–H groups in total. The van der Waals surface area contributed by atoms with E-state index in [1.165, 1.54) is 18.4 Å². The van der Waals surface area contributed by atoms with Gasteiger partial charge in [0.15, 0.2) is 5.82 Å². The Kier molecular flexibility index (Phi) is 6.36. The molecule has 1 saturated heterocycles. The maximum Gasteiger partial charge on any atom is 0.240 e. The van der Waals surface area contributed by atoms with Gasteiger partial charge in [-0.25, -0.2) is 0 Å². The summed E-state index contributed by atoms with van der Waals surface area (Å²) in [6, 6.07) is 10.2. The number of hydrogen-bond acceptors (Lipinski definition) is 5. The number of rotatable bonds is 5. The van der Waals surface area contributed by atoms with Crippen molar-refractivity contribution >= 4 is 12.4 Å². The van der Waals surface area contributed by atoms with E-state index >= 15 is 0 Å². The second-order valence-corrected chi connectivity index (χ2v) is 5.72. The first-order valence-corrected chi connectivity index (χ1v) is 7.61. The van der Waals surface area contributed by atoms with E-state index < -0.39 is 0 Å². The molecule has 0 unspecified atom stereocenters. The zero-order valence-electron chi connectivity index (χ0n) is 12.6. The Morgan fingerprint density at radius 1 is 1.18 bits per heavy atom. The Morgan fingerprint density at radius 2 is 1.91 bits per heavy atom. The standard InChI is InChI=1S/C16H22N4O.ClH/c17-11-14-6-8-20(9-7-14)12-16-18-15(19-21-16)10-13-4-2-1-3-5-13;/h1-5,14H,6-12,17H2;1H. The van der Waals surface area contributed by atoms with Gasteiger partial charge in [0, 0.05) is 6.42 Å². The van der Waals surface area contributed by atoms with Gasteiger partial charge in [-0.05, 0) is 44.0 Å². The molecular weight excluding hydrogens is 300 g/mol. The first-order valence-electron chi connectivity index (χ1n) is 7.61. The minimum Gasteiger partial charge on any atom is -0.338 e. The van der Waals surface area contributed by atoms with Crippen LogP contribution in [0.2, 0.25) is 0 Å². The molecule has 0 amide bonds. The second kappa shape index (κ2) is 8.27. The fraction of sp³-hybridized carbons (Fsp3) is 0.500. The average molecular weight is 323 g/mol. The Morgan fingerprint density at radius 3 is 2.59 bits per heavy atom. The Balaban J connectivity index is 0.00000176. The van der Waals surface area contributed by atoms with E-state index in [0.717, 1.165) is 38.4 Å². The van der Waals surface area contributed by atoms with Crippen molar-refractivity contribution in [3.63, 3.8) is 0 Å². The van der Waals surface area contributed by atoms with Gasteiger partial charge in [-0.2, -0.15) is 4.98 Å². The molecule has 1 fully saturated rings. The van der Waals surface area contributed by atoms with Crippen molar-refractivity contribution in [1.82, 2.24) is 15.0 Å². The molecule has 0 spiro atoms. The lowest BCUT2D eigenvalue weighted by molar-refractivity contribution is 0.161. The molecule has 2 heterocycles. The van der Waals surface area contributed by atoms with Crippen LogP contribution < -0.4 is 5.73 Å². The molecule has 22 heavy (non-hydrogen) atoms. The highest BCUT2D eigenvalue weighted by Gasteiger charge is 2.20. The van der Waals surface area contributed by atoms with Gasteiger partial charge in [0.05, 0.1) is 6.54 Å². The predicted molar refractivity (Wildman–Crippen MR) is 87.8 cm³/mol. The molecule has 0 aliphatic carbocycles. The van der Waals surface area contributed by atoms with Crippen LogP contribution in [-0.4, -0.2) is 34.7 Å². The number of benzene rings is 1. The quantitative estimate of drug-likeness (QED) is 0.914. The maximum atomic E-state index is 5.72. The minimum atomic E-state index is 0. The van der Waals surface area contributed by atoms with Crippen molar-refractivity contribution < 1.29 is 4.52 Å². The van der Waals surface area contributed by atoms with Crippen LogP contribution in [0, 0.1) is 5.92 Å². The molecule has 2 aromatic rings. The highest BCUT2D eigenvalue weighted by molar-refractivity contribution is 5.85. The smallest absolute Gasteiger partial charge is 0.240 e. The van der Waals surface area contributed by atoms with Gasteiger partial charge in [-0.1, -0.05) is 35.5 Å². The third kappa shape index (κ3) is 4.53. The molecule has 6 heteroatoms. The number of piperidine rings is 1. The Bertz CT molecular complexity index is 552. The van der Waals surface area contributed by atoms with Crippen LogP contribution >= 0.6 is 12.4 Å². The van der Waals surface area contributed by atoms with Crippen LogP contribution in [0.15, 0.2) is 34.9 Å². The molecule has 1 aromatic heterocycles. The van der Waals surface area contributed by atoms with Gasteiger partial charge in [-0.15, -0.1) is 12.4 Å². The summed E-state index contributed by atoms with van der Waals surface area (Å²) in [4.78, 5) is 6.86. The predicted octanol–water partition coefficient (Wildman–Crippen LogP) is 2.25. The Labute approximate surface area is 137 Å². The number of likely N-dealkylation sites (tertiary alicyclic amines) is 1. The topological polar surface area (TPSA) is 68.2 Å². The van der Waals surface area contributed by atoms with Gasteiger partial charge < -0.3 is 10.3 Å². The van der Waals surface area contributed by atoms with Crippen molar-refractivity contribution in [3.8, 4) is 0 Å². The van der Waals surface area contributed by atoms with Gasteiger partial charge in [-0.3, -0.25) is 4.90 Å². The fourth-order valence-electron chi connectivity index (χ4n) is 2.78. The van der Waals surface area contributed by atoms with Crippen LogP contribution in [0.1, 0.15) is 30.1 Å². The third-order valence-corrected chi connectivity index (χ3v) is 4.11. The monoisotopic (exact) mass is 322 g/mol. The molecule has 1 aliphatic rings. The number of nitrogens with zero attached hydrogens (tertiary/aromatic N) is 3. The molecule has 0 bridgehead atoms. The van der Waals surface area contributed by atoms with Crippen LogP contribution in [0.4, 0.5) is 0 Å². The summed E-state index contributed by atoms with van der Waals surface area (Å²) < 4.78 is 5.37. The zero-order valence-corrected chi connectivity index (χ0v) is 13.5. The number of halogens is 1. The summed E-state index contributed by atoms with van der Waals surface area (Å²) in [6.07, 6.45) is 3.06. The summed E-state index contributed by atoms with van der Waals surface area (Å²) in [5.41, 5.74) is 6.92. The van der Waals surface area contributed by atoms with Crippen LogP contribution in [-0.2, 0) is 13.0 Å². The molecule has 120 valence electrons. The molecule has 0 saturated carbocycles. The van der Waals surface area contributed by atoms with Crippen LogP contribution in [0.5, 0.6) is 0 Å². The summed E-state index contributed by atoms with van der Waals surface area (Å²) in [5, 5.41) is 4.08. The van der Waals surface area contributed by atoms with E-state index in [2.05, 4.69) is 27.2 Å². The summed E-state index contributed by atoms with van der Waals surface area (Å²) in [6.45, 7) is 3.69. The number of hydrogen-bond donors (Lipinski definition) is 1. The minimum absolute atomic E-state index is 0. The van der Waals surface area contributed by atoms with E-state index in [9.17, 15) is 0 Å². The van der Waals surface area contributed by atoms with Gasteiger partial charge in [0.1, 0.15) is 0 Å². The maximum absolute atomic E-state index is 5.72. The third-order valence-electron chi connectivity index (χ3n) is 4.11. The zero-order chi connectivity index (χ0) is 14.5. The van der Waals surface area contributed by atoms with E-state index in [0.29, 0.717) is 11.8 Å². The second-order valence-electron chi connectivity index (χ2n) is 5.72. The molecule has 3 rings (SSSR count). The van der Waals surface area contributed by atoms with Crippen LogP contribution in [0.25, 0.3) is 0 Å². The van der Waals surface area contributed by atoms with Gasteiger partial charge >= 0.3 is 0 Å². The van der Waals surface area contributed by atoms with Crippen molar-refractivity contribution in [1.29, 1.82) is 0 Å². The fourth-order valence-corrected chi connectivity index (χ4v) is 2.78. The van der Waals surface area contributed by atoms with Crippen LogP contribution in [0.3, 0.4) is 0 Å². The van der Waals surface area contributed by atoms with Gasteiger partial charge in [0.2, 0.25) is 5.89 Å². The molecule has 1 aromatic carbocycles. The Hall–Kier alpha value is -1.43. The van der Waals surface area contributed by atoms with Gasteiger partial charge in [0.25, 0.3) is 0 Å². The number of nitrogens with two attached hydrogens (primary N) is 1. The lowest BCUT2D eigenvalue weighted by atomic mass is 9.97. The van der Waals surface area contributed by atoms with E-state index in [1.807, 2.05) is 18.2 Å². The van der Waals surface area contributed by atoms with Crippen molar-refractivity contribution in [3.05, 3.63) is 47.6 Å². The van der Waals surface area contributed by atoms with E-state index in [-0.39, 0.29) is 12.4 Å². The molecule has 0 radical (unpaired) electrons. The first-order chi connectivity index (χ1) is 10.3. The van der Waals surface area contributed by atoms with Crippen molar-refractivity contribution in [2.24, 2.45) is 11.7 Å². The first kappa shape index (κ1) is 16.9. The largest absolute Gasteiger partial charge is 0.338 e. The highest BCUT2D eigenvalue weighted by Crippen LogP contribution is 2.17. The normalized spacial score (nSPS) is 16.4. The SMILES string of the molecule is Cl.NCC1CCN(Cc2nc(Cc3ccccc3)no2)CC1. The average Bonchev–Trinajstić information content (AvgIpc) is 2.96. The molecule has 5 nitrogen and oxygen atoms in total. The van der Waals surface area contributed by atoms with E-state index in [4.69, 9.17) is 10.3 Å². The molecule has 1 aliphatic heterocycles. The summed E-state index contributed by atoms with van der Waals surface area (Å²) in [5.74, 6) is 2.15. The van der Waals surface area contributed by atoms with E-state index in [1.54, 1.807) is 0 Å². The molecular formula is C16H23ClN4O. The van der Waals surface area contributed by atoms with Crippen molar-refractivity contribution in [2.75, 3.05) is 19.6 Å². The lowest BCUT2D eigenvalue weighted by Gasteiger charge is -2.30. The summed E-state index contributed by atoms with van der Waals surface area (Å²) >= 11 is 0.